The van der Waals surface area contributed by atoms with Crippen molar-refractivity contribution in [3.8, 4) is 55.6 Å². The molecule has 0 fully saturated rings. The molecule has 1 aromatic heterocycles. The molecule has 324 valence electrons. The molecule has 11 aromatic carbocycles. The van der Waals surface area contributed by atoms with E-state index in [2.05, 4.69) is 266 Å². The lowest BCUT2D eigenvalue weighted by Gasteiger charge is -2.34. The molecule has 0 spiro atoms. The van der Waals surface area contributed by atoms with Gasteiger partial charge < -0.3 is 9.32 Å². The highest BCUT2D eigenvalue weighted by Crippen LogP contribution is 2.58. The predicted molar refractivity (Wildman–Crippen MR) is 287 cm³/mol. The van der Waals surface area contributed by atoms with Gasteiger partial charge in [0.05, 0.1) is 5.41 Å². The average molecular weight is 880 g/mol. The van der Waals surface area contributed by atoms with Crippen molar-refractivity contribution in [2.24, 2.45) is 0 Å². The Bertz CT molecular complexity index is 3760. The van der Waals surface area contributed by atoms with Crippen LogP contribution in [-0.4, -0.2) is 0 Å². The van der Waals surface area contributed by atoms with Gasteiger partial charge in [-0.2, -0.15) is 0 Å². The number of para-hydroxylation sites is 1. The average Bonchev–Trinajstić information content (AvgIpc) is 3.96. The lowest BCUT2D eigenvalue weighted by molar-refractivity contribution is 0.669. The highest BCUT2D eigenvalue weighted by Gasteiger charge is 2.46. The van der Waals surface area contributed by atoms with Crippen molar-refractivity contribution in [3.63, 3.8) is 0 Å². The molecule has 0 aliphatic heterocycles. The van der Waals surface area contributed by atoms with Crippen molar-refractivity contribution >= 4 is 39.0 Å². The van der Waals surface area contributed by atoms with Crippen molar-refractivity contribution in [2.45, 2.75) is 5.41 Å². The Hall–Kier alpha value is -8.98. The summed E-state index contributed by atoms with van der Waals surface area (Å²) in [4.78, 5) is 2.36. The number of anilines is 3. The molecule has 0 saturated heterocycles. The van der Waals surface area contributed by atoms with E-state index >= 15 is 0 Å². The Balaban J connectivity index is 0.905. The molecule has 13 rings (SSSR count). The van der Waals surface area contributed by atoms with Crippen molar-refractivity contribution < 1.29 is 4.42 Å². The normalized spacial score (nSPS) is 12.5. The summed E-state index contributed by atoms with van der Waals surface area (Å²) in [5.41, 5.74) is 21.7. The number of hydrogen-bond acceptors (Lipinski definition) is 2. The minimum atomic E-state index is -0.458. The number of hydrogen-bond donors (Lipinski definition) is 0. The van der Waals surface area contributed by atoms with Crippen LogP contribution in [0.2, 0.25) is 0 Å². The Kier molecular flexibility index (Phi) is 9.77. The van der Waals surface area contributed by atoms with E-state index in [0.29, 0.717) is 0 Å². The molecule has 0 unspecified atom stereocenters. The molecule has 0 atom stereocenters. The van der Waals surface area contributed by atoms with E-state index in [1.807, 2.05) is 12.1 Å². The molecular formula is C67H45NO. The van der Waals surface area contributed by atoms with E-state index < -0.39 is 5.41 Å². The maximum absolute atomic E-state index is 6.29. The van der Waals surface area contributed by atoms with Crippen LogP contribution in [0, 0.1) is 0 Å². The van der Waals surface area contributed by atoms with Crippen molar-refractivity contribution in [1.29, 1.82) is 0 Å². The van der Waals surface area contributed by atoms with E-state index in [-0.39, 0.29) is 0 Å². The van der Waals surface area contributed by atoms with Crippen LogP contribution in [0.1, 0.15) is 22.3 Å². The smallest absolute Gasteiger partial charge is 0.136 e. The van der Waals surface area contributed by atoms with E-state index in [1.165, 1.54) is 66.8 Å². The van der Waals surface area contributed by atoms with Crippen molar-refractivity contribution in [3.05, 3.63) is 295 Å². The highest BCUT2D eigenvalue weighted by molar-refractivity contribution is 6.06. The van der Waals surface area contributed by atoms with Gasteiger partial charge in [0, 0.05) is 27.8 Å². The van der Waals surface area contributed by atoms with Crippen LogP contribution in [0.25, 0.3) is 77.6 Å². The largest absolute Gasteiger partial charge is 0.456 e. The second kappa shape index (κ2) is 16.7. The maximum Gasteiger partial charge on any atom is 0.136 e. The Morgan fingerprint density at radius 1 is 0.275 bits per heavy atom. The standard InChI is InChI=1S/C67H45NO/c1-4-16-46(17-5-1)50-18-14-19-51(44-50)47-30-37-55(38-31-47)68(56-39-32-48(33-40-56)52-36-43-60-59-24-11-13-29-64(59)69-65(60)45-52)57-41-34-49(35-42-57)58-26-15-28-63-66(58)61-25-10-12-27-62(61)67(63,53-20-6-2-7-21-53)54-22-8-3-9-23-54/h1-45H. The van der Waals surface area contributed by atoms with Gasteiger partial charge in [-0.05, 0) is 139 Å². The lowest BCUT2D eigenvalue weighted by Crippen LogP contribution is -2.28. The summed E-state index contributed by atoms with van der Waals surface area (Å²) in [5.74, 6) is 0. The molecule has 0 saturated carbocycles. The fourth-order valence-corrected chi connectivity index (χ4v) is 11.0. The SMILES string of the molecule is c1ccc(-c2cccc(-c3ccc(N(c4ccc(-c5ccc6c(c5)oc5ccccc56)cc4)c4ccc(-c5cccc6c5-c5ccccc5C6(c5ccccc5)c5ccccc5)cc4)cc3)c2)cc1. The van der Waals surface area contributed by atoms with Gasteiger partial charge in [0.25, 0.3) is 0 Å². The summed E-state index contributed by atoms with van der Waals surface area (Å²) in [6.07, 6.45) is 0. The van der Waals surface area contributed by atoms with Gasteiger partial charge in [-0.15, -0.1) is 0 Å². The Morgan fingerprint density at radius 3 is 1.35 bits per heavy atom. The second-order valence-corrected chi connectivity index (χ2v) is 18.0. The number of furan rings is 1. The van der Waals surface area contributed by atoms with E-state index in [4.69, 9.17) is 4.42 Å². The van der Waals surface area contributed by atoms with Gasteiger partial charge in [0.15, 0.2) is 0 Å². The molecule has 1 aliphatic carbocycles. The molecule has 0 radical (unpaired) electrons. The van der Waals surface area contributed by atoms with Gasteiger partial charge in [-0.3, -0.25) is 0 Å². The van der Waals surface area contributed by atoms with Gasteiger partial charge in [0.1, 0.15) is 11.2 Å². The van der Waals surface area contributed by atoms with Crippen LogP contribution in [0.5, 0.6) is 0 Å². The third-order valence-corrected chi connectivity index (χ3v) is 14.2. The van der Waals surface area contributed by atoms with Crippen LogP contribution >= 0.6 is 0 Å². The van der Waals surface area contributed by atoms with Gasteiger partial charge in [0.2, 0.25) is 0 Å². The zero-order valence-corrected chi connectivity index (χ0v) is 37.8. The molecule has 2 heteroatoms. The molecule has 1 heterocycles. The Morgan fingerprint density at radius 2 is 0.710 bits per heavy atom. The first-order chi connectivity index (χ1) is 34.2. The van der Waals surface area contributed by atoms with Crippen LogP contribution in [0.4, 0.5) is 17.1 Å². The summed E-state index contributed by atoms with van der Waals surface area (Å²) in [6.45, 7) is 0. The van der Waals surface area contributed by atoms with E-state index in [0.717, 1.165) is 50.1 Å². The van der Waals surface area contributed by atoms with Crippen LogP contribution in [-0.2, 0) is 5.41 Å². The zero-order valence-electron chi connectivity index (χ0n) is 37.8. The summed E-state index contributed by atoms with van der Waals surface area (Å²) < 4.78 is 6.29. The monoisotopic (exact) mass is 879 g/mol. The highest BCUT2D eigenvalue weighted by atomic mass is 16.3. The van der Waals surface area contributed by atoms with Crippen LogP contribution in [0.3, 0.4) is 0 Å². The number of rotatable bonds is 9. The summed E-state index contributed by atoms with van der Waals surface area (Å²) in [6, 6.07) is 99.1. The first-order valence-electron chi connectivity index (χ1n) is 23.7. The minimum Gasteiger partial charge on any atom is -0.456 e. The van der Waals surface area contributed by atoms with Gasteiger partial charge in [-0.1, -0.05) is 212 Å². The van der Waals surface area contributed by atoms with Crippen LogP contribution < -0.4 is 4.90 Å². The third kappa shape index (κ3) is 6.80. The molecule has 12 aromatic rings. The summed E-state index contributed by atoms with van der Waals surface area (Å²) in [5, 5.41) is 2.27. The van der Waals surface area contributed by atoms with Crippen molar-refractivity contribution in [1.82, 2.24) is 0 Å². The predicted octanol–water partition coefficient (Wildman–Crippen LogP) is 18.1. The molecular weight excluding hydrogens is 835 g/mol. The van der Waals surface area contributed by atoms with E-state index in [9.17, 15) is 0 Å². The first-order valence-corrected chi connectivity index (χ1v) is 23.7. The fourth-order valence-electron chi connectivity index (χ4n) is 11.0. The summed E-state index contributed by atoms with van der Waals surface area (Å²) in [7, 11) is 0. The van der Waals surface area contributed by atoms with Gasteiger partial charge >= 0.3 is 0 Å². The topological polar surface area (TPSA) is 16.4 Å². The molecule has 1 aliphatic rings. The lowest BCUT2D eigenvalue weighted by atomic mass is 9.67. The van der Waals surface area contributed by atoms with E-state index in [1.54, 1.807) is 0 Å². The zero-order chi connectivity index (χ0) is 45.7. The maximum atomic E-state index is 6.29. The number of nitrogens with zero attached hydrogens (tertiary/aromatic N) is 1. The van der Waals surface area contributed by atoms with Gasteiger partial charge in [-0.25, -0.2) is 0 Å². The summed E-state index contributed by atoms with van der Waals surface area (Å²) >= 11 is 0. The molecule has 0 bridgehead atoms. The quantitative estimate of drug-likeness (QED) is 0.144. The molecule has 2 nitrogen and oxygen atoms in total. The van der Waals surface area contributed by atoms with Crippen molar-refractivity contribution in [2.75, 3.05) is 4.90 Å². The number of benzene rings is 11. The molecule has 69 heavy (non-hydrogen) atoms. The fraction of sp³-hybridized carbons (Fsp3) is 0.0149. The first kappa shape index (κ1) is 40.3. The third-order valence-electron chi connectivity index (χ3n) is 14.2. The molecule has 0 N–H and O–H groups in total. The minimum absolute atomic E-state index is 0.458. The van der Waals surface area contributed by atoms with Crippen LogP contribution in [0.15, 0.2) is 277 Å². The molecule has 0 amide bonds. The Labute approximate surface area is 402 Å². The number of fused-ring (bicyclic) bond motifs is 6. The second-order valence-electron chi connectivity index (χ2n) is 18.0.